The fraction of sp³-hybridized carbons (Fsp3) is 0.107. The van der Waals surface area contributed by atoms with Gasteiger partial charge in [0.05, 0.1) is 10.6 Å². The Labute approximate surface area is 210 Å². The van der Waals surface area contributed by atoms with Crippen LogP contribution in [0.5, 0.6) is 17.2 Å². The number of para-hydroxylation sites is 2. The molecule has 36 heavy (non-hydrogen) atoms. The summed E-state index contributed by atoms with van der Waals surface area (Å²) in [6, 6.07) is 27.6. The number of hydrogen-bond acceptors (Lipinski definition) is 5. The third kappa shape index (κ3) is 5.67. The van der Waals surface area contributed by atoms with Crippen LogP contribution in [-0.2, 0) is 10.0 Å². The van der Waals surface area contributed by atoms with Crippen LogP contribution in [-0.4, -0.2) is 14.5 Å². The molecule has 0 saturated carbocycles. The number of nitrogens with one attached hydrogen (secondary N) is 1. The second-order valence-electron chi connectivity index (χ2n) is 8.22. The van der Waals surface area contributed by atoms with Crippen LogP contribution in [0.1, 0.15) is 16.7 Å². The highest BCUT2D eigenvalue weighted by molar-refractivity contribution is 7.92. The number of nitrogens with zero attached hydrogens (tertiary/aromatic N) is 1. The van der Waals surface area contributed by atoms with Crippen molar-refractivity contribution in [1.82, 2.24) is 5.43 Å². The number of aryl methyl sites for hydroxylation is 3. The van der Waals surface area contributed by atoms with E-state index in [0.29, 0.717) is 22.6 Å². The van der Waals surface area contributed by atoms with Gasteiger partial charge in [0.25, 0.3) is 10.0 Å². The van der Waals surface area contributed by atoms with Gasteiger partial charge in [-0.15, -0.1) is 0 Å². The molecule has 0 aliphatic heterocycles. The van der Waals surface area contributed by atoms with E-state index < -0.39 is 16.1 Å². The summed E-state index contributed by atoms with van der Waals surface area (Å²) in [4.78, 5) is 12.9. The summed E-state index contributed by atoms with van der Waals surface area (Å²) in [5.74, 6) is 1.46. The van der Waals surface area contributed by atoms with Gasteiger partial charge >= 0.3 is 6.09 Å². The molecule has 0 saturated heterocycles. The monoisotopic (exact) mass is 502 g/mol. The van der Waals surface area contributed by atoms with Crippen molar-refractivity contribution in [2.75, 3.05) is 4.41 Å². The van der Waals surface area contributed by atoms with E-state index in [2.05, 4.69) is 5.43 Å². The maximum absolute atomic E-state index is 13.7. The summed E-state index contributed by atoms with van der Waals surface area (Å²) in [6.07, 6.45) is -0.957. The first-order valence-corrected chi connectivity index (χ1v) is 12.7. The fourth-order valence-corrected chi connectivity index (χ4v) is 5.61. The number of sulfonamides is 1. The number of benzene rings is 4. The molecule has 0 aromatic heterocycles. The maximum Gasteiger partial charge on any atom is 0.432 e. The smallest absolute Gasteiger partial charge is 0.432 e. The van der Waals surface area contributed by atoms with Gasteiger partial charge in [-0.25, -0.2) is 10.2 Å². The lowest BCUT2D eigenvalue weighted by Gasteiger charge is -2.26. The zero-order valence-corrected chi connectivity index (χ0v) is 21.0. The first-order chi connectivity index (χ1) is 17.2. The summed E-state index contributed by atoms with van der Waals surface area (Å²) in [7, 11) is -4.16. The molecular weight excluding hydrogens is 476 g/mol. The Morgan fingerprint density at radius 2 is 1.22 bits per heavy atom. The second kappa shape index (κ2) is 10.5. The van der Waals surface area contributed by atoms with Crippen molar-refractivity contribution < 1.29 is 22.7 Å². The number of rotatable bonds is 7. The van der Waals surface area contributed by atoms with Crippen LogP contribution in [0.25, 0.3) is 0 Å². The van der Waals surface area contributed by atoms with Gasteiger partial charge in [-0.05, 0) is 80.4 Å². The van der Waals surface area contributed by atoms with Crippen LogP contribution in [0.15, 0.2) is 102 Å². The highest BCUT2D eigenvalue weighted by Gasteiger charge is 2.30. The maximum atomic E-state index is 13.7. The summed E-state index contributed by atoms with van der Waals surface area (Å²) >= 11 is 0. The van der Waals surface area contributed by atoms with Crippen molar-refractivity contribution in [3.8, 4) is 17.2 Å². The fourth-order valence-electron chi connectivity index (χ4n) is 3.90. The number of ether oxygens (including phenoxy) is 2. The average molecular weight is 503 g/mol. The van der Waals surface area contributed by atoms with Crippen molar-refractivity contribution in [2.24, 2.45) is 0 Å². The van der Waals surface area contributed by atoms with Crippen LogP contribution in [0, 0.1) is 20.8 Å². The number of hydrogen-bond donors (Lipinski definition) is 1. The van der Waals surface area contributed by atoms with Crippen molar-refractivity contribution in [2.45, 2.75) is 25.7 Å². The van der Waals surface area contributed by atoms with E-state index in [1.165, 1.54) is 0 Å². The van der Waals surface area contributed by atoms with E-state index in [4.69, 9.17) is 9.47 Å². The molecule has 0 spiro atoms. The predicted octanol–water partition coefficient (Wildman–Crippen LogP) is 6.30. The molecule has 7 nitrogen and oxygen atoms in total. The van der Waals surface area contributed by atoms with E-state index in [0.717, 1.165) is 9.98 Å². The Hall–Kier alpha value is -4.30. The molecule has 4 aromatic carbocycles. The summed E-state index contributed by atoms with van der Waals surface area (Å²) in [6.45, 7) is 5.36. The SMILES string of the molecule is Cc1cc(C)c(S(=O)(=O)N(NC(=O)Oc2ccc(Oc3ccccc3)cc2)c2ccccc2)c(C)c1. The van der Waals surface area contributed by atoms with Gasteiger partial charge in [-0.2, -0.15) is 12.8 Å². The molecule has 0 unspecified atom stereocenters. The van der Waals surface area contributed by atoms with Gasteiger partial charge in [0, 0.05) is 0 Å². The topological polar surface area (TPSA) is 84.9 Å². The molecule has 0 fully saturated rings. The van der Waals surface area contributed by atoms with Gasteiger partial charge in [0.1, 0.15) is 17.2 Å². The molecule has 0 bridgehead atoms. The lowest BCUT2D eigenvalue weighted by atomic mass is 10.1. The standard InChI is InChI=1S/C28H26N2O5S/c1-20-18-21(2)27(22(3)19-20)36(32,33)30(23-10-6-4-7-11-23)29-28(31)35-26-16-14-25(15-17-26)34-24-12-8-5-9-13-24/h4-19H,1-3H3,(H,29,31). The van der Waals surface area contributed by atoms with Crippen LogP contribution in [0.3, 0.4) is 0 Å². The van der Waals surface area contributed by atoms with Crippen LogP contribution >= 0.6 is 0 Å². The summed E-state index contributed by atoms with van der Waals surface area (Å²) < 4.78 is 39.4. The van der Waals surface area contributed by atoms with E-state index in [9.17, 15) is 13.2 Å². The number of carbonyl (C=O) groups is 1. The number of hydrazine groups is 1. The van der Waals surface area contributed by atoms with Gasteiger partial charge in [0.15, 0.2) is 0 Å². The molecule has 0 aliphatic carbocycles. The van der Waals surface area contributed by atoms with E-state index in [1.54, 1.807) is 80.6 Å². The van der Waals surface area contributed by atoms with Crippen LogP contribution in [0.2, 0.25) is 0 Å². The van der Waals surface area contributed by atoms with Crippen molar-refractivity contribution in [3.05, 3.63) is 114 Å². The Kier molecular flexibility index (Phi) is 7.26. The molecule has 1 N–H and O–H groups in total. The molecule has 0 atom stereocenters. The van der Waals surface area contributed by atoms with Crippen molar-refractivity contribution >= 4 is 21.8 Å². The highest BCUT2D eigenvalue weighted by atomic mass is 32.2. The van der Waals surface area contributed by atoms with Crippen molar-refractivity contribution in [1.29, 1.82) is 0 Å². The quantitative estimate of drug-likeness (QED) is 0.300. The zero-order chi connectivity index (χ0) is 25.7. The van der Waals surface area contributed by atoms with Gasteiger partial charge in [-0.1, -0.05) is 54.1 Å². The molecular formula is C28H26N2O5S. The molecule has 0 radical (unpaired) electrons. The minimum Gasteiger partial charge on any atom is -0.457 e. The molecule has 4 aromatic rings. The first kappa shape index (κ1) is 24.8. The van der Waals surface area contributed by atoms with Gasteiger partial charge in [0.2, 0.25) is 0 Å². The lowest BCUT2D eigenvalue weighted by Crippen LogP contribution is -2.48. The number of anilines is 1. The third-order valence-electron chi connectivity index (χ3n) is 5.30. The predicted molar refractivity (Wildman–Crippen MR) is 139 cm³/mol. The molecule has 4 rings (SSSR count). The Balaban J connectivity index is 1.56. The molecule has 1 amide bonds. The minimum absolute atomic E-state index is 0.125. The molecule has 0 aliphatic rings. The van der Waals surface area contributed by atoms with Crippen molar-refractivity contribution in [3.63, 3.8) is 0 Å². The van der Waals surface area contributed by atoms with E-state index >= 15 is 0 Å². The normalized spacial score (nSPS) is 11.0. The van der Waals surface area contributed by atoms with Crippen LogP contribution < -0.4 is 19.3 Å². The first-order valence-electron chi connectivity index (χ1n) is 11.2. The number of amides is 1. The van der Waals surface area contributed by atoms with E-state index in [-0.39, 0.29) is 16.3 Å². The third-order valence-corrected chi connectivity index (χ3v) is 7.24. The molecule has 0 heterocycles. The van der Waals surface area contributed by atoms with Gasteiger partial charge < -0.3 is 9.47 Å². The zero-order valence-electron chi connectivity index (χ0n) is 20.1. The summed E-state index contributed by atoms with van der Waals surface area (Å²) in [5, 5.41) is 0. The van der Waals surface area contributed by atoms with Crippen LogP contribution in [0.4, 0.5) is 10.5 Å². The molecule has 184 valence electrons. The lowest BCUT2D eigenvalue weighted by molar-refractivity contribution is 0.201. The Bertz CT molecular complexity index is 1430. The summed E-state index contributed by atoms with van der Waals surface area (Å²) in [5.41, 5.74) is 4.77. The Morgan fingerprint density at radius 3 is 1.81 bits per heavy atom. The minimum atomic E-state index is -4.16. The number of carbonyl (C=O) groups excluding carboxylic acids is 1. The van der Waals surface area contributed by atoms with Gasteiger partial charge in [-0.3, -0.25) is 0 Å². The largest absolute Gasteiger partial charge is 0.457 e. The second-order valence-corrected chi connectivity index (χ2v) is 9.94. The highest BCUT2D eigenvalue weighted by Crippen LogP contribution is 2.28. The molecule has 8 heteroatoms. The average Bonchev–Trinajstić information content (AvgIpc) is 2.84. The Morgan fingerprint density at radius 1 is 0.722 bits per heavy atom. The van der Waals surface area contributed by atoms with E-state index in [1.807, 2.05) is 37.3 Å².